The molecule has 82 valence electrons. The highest BCUT2D eigenvalue weighted by molar-refractivity contribution is 8.00. The fraction of sp³-hybridized carbons (Fsp3) is 0.455. The van der Waals surface area contributed by atoms with Gasteiger partial charge in [-0.25, -0.2) is 0 Å². The van der Waals surface area contributed by atoms with Crippen molar-refractivity contribution < 1.29 is 5.11 Å². The zero-order valence-electron chi connectivity index (χ0n) is 8.12. The highest BCUT2D eigenvalue weighted by atomic mass is 35.5. The summed E-state index contributed by atoms with van der Waals surface area (Å²) in [6.07, 6.45) is 2.84. The van der Waals surface area contributed by atoms with E-state index in [1.165, 1.54) is 0 Å². The molecule has 0 saturated heterocycles. The molecule has 1 saturated carbocycles. The molecule has 0 spiro atoms. The normalized spacial score (nSPS) is 25.8. The molecule has 0 unspecified atom stereocenters. The smallest absolute Gasteiger partial charge is 0.0662 e. The minimum absolute atomic E-state index is 0.204. The molecule has 1 aliphatic rings. The number of aliphatic hydroxyl groups excluding tert-OH is 1. The van der Waals surface area contributed by atoms with Crippen LogP contribution in [0.4, 0.5) is 0 Å². The number of benzene rings is 1. The van der Waals surface area contributed by atoms with Crippen LogP contribution in [0.3, 0.4) is 0 Å². The average molecular weight is 263 g/mol. The zero-order valence-corrected chi connectivity index (χ0v) is 10.4. The van der Waals surface area contributed by atoms with Crippen LogP contribution in [0.15, 0.2) is 23.1 Å². The van der Waals surface area contributed by atoms with Crippen molar-refractivity contribution in [3.63, 3.8) is 0 Å². The van der Waals surface area contributed by atoms with Crippen molar-refractivity contribution in [2.75, 3.05) is 0 Å². The van der Waals surface area contributed by atoms with E-state index < -0.39 is 0 Å². The topological polar surface area (TPSA) is 20.2 Å². The first kappa shape index (κ1) is 11.6. The first-order chi connectivity index (χ1) is 7.16. The van der Waals surface area contributed by atoms with E-state index in [0.29, 0.717) is 10.0 Å². The third-order valence-corrected chi connectivity index (χ3v) is 4.71. The summed E-state index contributed by atoms with van der Waals surface area (Å²) in [5.74, 6) is 0. The molecule has 2 rings (SSSR count). The van der Waals surface area contributed by atoms with Crippen LogP contribution in [0.25, 0.3) is 0 Å². The van der Waals surface area contributed by atoms with Gasteiger partial charge in [0.1, 0.15) is 0 Å². The van der Waals surface area contributed by atoms with Gasteiger partial charge in [0.05, 0.1) is 11.1 Å². The van der Waals surface area contributed by atoms with Gasteiger partial charge in [-0.2, -0.15) is 0 Å². The van der Waals surface area contributed by atoms with Crippen molar-refractivity contribution in [1.82, 2.24) is 0 Å². The van der Waals surface area contributed by atoms with E-state index in [2.05, 4.69) is 0 Å². The SMILES string of the molecule is O[C@H]1CCC[C@@H]1Sc1cc(Cl)ccc1Cl. The van der Waals surface area contributed by atoms with Crippen LogP contribution in [0, 0.1) is 0 Å². The molecule has 0 radical (unpaired) electrons. The standard InChI is InChI=1S/C11H12Cl2OS/c12-7-4-5-8(13)11(6-7)15-10-3-1-2-9(10)14/h4-6,9-10,14H,1-3H2/t9-,10-/m0/s1. The molecule has 0 heterocycles. The van der Waals surface area contributed by atoms with Crippen LogP contribution in [0.2, 0.25) is 10.0 Å². The Kier molecular flexibility index (Phi) is 3.83. The summed E-state index contributed by atoms with van der Waals surface area (Å²) in [4.78, 5) is 0.968. The van der Waals surface area contributed by atoms with Gasteiger partial charge in [0.2, 0.25) is 0 Å². The second-order valence-corrected chi connectivity index (χ2v) is 5.85. The minimum Gasteiger partial charge on any atom is -0.392 e. The van der Waals surface area contributed by atoms with Crippen molar-refractivity contribution in [2.24, 2.45) is 0 Å². The second-order valence-electron chi connectivity index (χ2n) is 3.73. The Morgan fingerprint density at radius 1 is 1.27 bits per heavy atom. The summed E-state index contributed by atoms with van der Waals surface area (Å²) in [7, 11) is 0. The summed E-state index contributed by atoms with van der Waals surface area (Å²) in [6, 6.07) is 5.44. The Morgan fingerprint density at radius 2 is 2.07 bits per heavy atom. The quantitative estimate of drug-likeness (QED) is 0.870. The third-order valence-electron chi connectivity index (χ3n) is 2.59. The molecule has 4 heteroatoms. The fourth-order valence-electron chi connectivity index (χ4n) is 1.77. The Hall–Kier alpha value is 0.110. The number of halogens is 2. The summed E-state index contributed by atoms with van der Waals surface area (Å²) >= 11 is 13.6. The average Bonchev–Trinajstić information content (AvgIpc) is 2.58. The third kappa shape index (κ3) is 2.82. The maximum Gasteiger partial charge on any atom is 0.0662 e. The van der Waals surface area contributed by atoms with Crippen LogP contribution >= 0.6 is 35.0 Å². The summed E-state index contributed by atoms with van der Waals surface area (Å²) in [5.41, 5.74) is 0. The molecular weight excluding hydrogens is 251 g/mol. The molecule has 1 fully saturated rings. The molecule has 2 atom stereocenters. The lowest BCUT2D eigenvalue weighted by molar-refractivity contribution is 0.188. The van der Waals surface area contributed by atoms with Crippen LogP contribution < -0.4 is 0 Å². The first-order valence-corrected chi connectivity index (χ1v) is 6.60. The number of hydrogen-bond donors (Lipinski definition) is 1. The van der Waals surface area contributed by atoms with E-state index >= 15 is 0 Å². The van der Waals surface area contributed by atoms with E-state index in [1.807, 2.05) is 6.07 Å². The molecule has 0 aliphatic heterocycles. The Labute approximate surface area is 104 Å². The van der Waals surface area contributed by atoms with Gasteiger partial charge in [0, 0.05) is 15.2 Å². The van der Waals surface area contributed by atoms with E-state index in [9.17, 15) is 5.11 Å². The number of aliphatic hydroxyl groups is 1. The molecular formula is C11H12Cl2OS. The van der Waals surface area contributed by atoms with Gasteiger partial charge in [0.15, 0.2) is 0 Å². The molecule has 0 amide bonds. The molecule has 1 N–H and O–H groups in total. The van der Waals surface area contributed by atoms with Crippen LogP contribution in [-0.4, -0.2) is 16.5 Å². The van der Waals surface area contributed by atoms with E-state index in [1.54, 1.807) is 23.9 Å². The van der Waals surface area contributed by atoms with Crippen LogP contribution in [-0.2, 0) is 0 Å². The fourth-order valence-corrected chi connectivity index (χ4v) is 3.54. The van der Waals surface area contributed by atoms with Crippen molar-refractivity contribution in [3.05, 3.63) is 28.2 Å². The van der Waals surface area contributed by atoms with E-state index in [-0.39, 0.29) is 11.4 Å². The summed E-state index contributed by atoms with van der Waals surface area (Å²) < 4.78 is 0. The number of thioether (sulfide) groups is 1. The maximum atomic E-state index is 9.71. The number of hydrogen-bond acceptors (Lipinski definition) is 2. The molecule has 15 heavy (non-hydrogen) atoms. The van der Waals surface area contributed by atoms with Gasteiger partial charge in [-0.05, 0) is 37.5 Å². The second kappa shape index (κ2) is 4.96. The molecule has 1 nitrogen and oxygen atoms in total. The Balaban J connectivity index is 2.12. The molecule has 1 aromatic rings. The number of rotatable bonds is 2. The van der Waals surface area contributed by atoms with Crippen molar-refractivity contribution in [3.8, 4) is 0 Å². The van der Waals surface area contributed by atoms with Crippen LogP contribution in [0.1, 0.15) is 19.3 Å². The molecule has 0 bridgehead atoms. The molecule has 0 aromatic heterocycles. The minimum atomic E-state index is -0.204. The van der Waals surface area contributed by atoms with Gasteiger partial charge < -0.3 is 5.11 Å². The van der Waals surface area contributed by atoms with Crippen molar-refractivity contribution >= 4 is 35.0 Å². The van der Waals surface area contributed by atoms with Crippen molar-refractivity contribution in [2.45, 2.75) is 35.5 Å². The molecule has 1 aromatic carbocycles. The van der Waals surface area contributed by atoms with Gasteiger partial charge in [-0.1, -0.05) is 23.2 Å². The largest absolute Gasteiger partial charge is 0.392 e. The van der Waals surface area contributed by atoms with Crippen LogP contribution in [0.5, 0.6) is 0 Å². The zero-order chi connectivity index (χ0) is 10.8. The molecule has 1 aliphatic carbocycles. The summed E-state index contributed by atoms with van der Waals surface area (Å²) in [5, 5.41) is 11.4. The highest BCUT2D eigenvalue weighted by Gasteiger charge is 2.26. The summed E-state index contributed by atoms with van der Waals surface area (Å²) in [6.45, 7) is 0. The van der Waals surface area contributed by atoms with E-state index in [4.69, 9.17) is 23.2 Å². The maximum absolute atomic E-state index is 9.71. The lowest BCUT2D eigenvalue weighted by atomic mass is 10.3. The van der Waals surface area contributed by atoms with Gasteiger partial charge >= 0.3 is 0 Å². The monoisotopic (exact) mass is 262 g/mol. The predicted octanol–water partition coefficient (Wildman–Crippen LogP) is 4.00. The Bertz CT molecular complexity index is 356. The van der Waals surface area contributed by atoms with Crippen molar-refractivity contribution in [1.29, 1.82) is 0 Å². The lowest BCUT2D eigenvalue weighted by Gasteiger charge is -2.14. The first-order valence-electron chi connectivity index (χ1n) is 4.96. The van der Waals surface area contributed by atoms with Gasteiger partial charge in [0.25, 0.3) is 0 Å². The van der Waals surface area contributed by atoms with Gasteiger partial charge in [-0.15, -0.1) is 11.8 Å². The van der Waals surface area contributed by atoms with E-state index in [0.717, 1.165) is 24.2 Å². The predicted molar refractivity (Wildman–Crippen MR) is 66.0 cm³/mol. The van der Waals surface area contributed by atoms with Gasteiger partial charge in [-0.3, -0.25) is 0 Å². The Morgan fingerprint density at radius 3 is 2.73 bits per heavy atom. The highest BCUT2D eigenvalue weighted by Crippen LogP contribution is 2.39. The lowest BCUT2D eigenvalue weighted by Crippen LogP contribution is -2.14.